The Morgan fingerprint density at radius 1 is 1.39 bits per heavy atom. The van der Waals surface area contributed by atoms with E-state index in [9.17, 15) is 0 Å². The maximum atomic E-state index is 5.50. The van der Waals surface area contributed by atoms with Crippen molar-refractivity contribution in [3.05, 3.63) is 34.5 Å². The van der Waals surface area contributed by atoms with E-state index in [1.807, 2.05) is 18.4 Å². The molecule has 2 aliphatic rings. The van der Waals surface area contributed by atoms with Crippen molar-refractivity contribution in [3.8, 4) is 0 Å². The first-order valence-corrected chi connectivity index (χ1v) is 9.22. The lowest BCUT2D eigenvalue weighted by Gasteiger charge is -2.34. The summed E-state index contributed by atoms with van der Waals surface area (Å²) in [6, 6.07) is 5.21. The first kappa shape index (κ1) is 16.5. The normalized spacial score (nSPS) is 21.5. The summed E-state index contributed by atoms with van der Waals surface area (Å²) in [5, 5.41) is 9.18. The van der Waals surface area contributed by atoms with Crippen molar-refractivity contribution < 1.29 is 4.74 Å². The molecule has 2 N–H and O–H groups in total. The zero-order valence-electron chi connectivity index (χ0n) is 13.7. The molecule has 3 rings (SSSR count). The molecule has 0 saturated carbocycles. The van der Waals surface area contributed by atoms with Gasteiger partial charge in [-0.25, -0.2) is 0 Å². The van der Waals surface area contributed by atoms with E-state index < -0.39 is 0 Å². The van der Waals surface area contributed by atoms with E-state index in [1.54, 1.807) is 0 Å². The van der Waals surface area contributed by atoms with Crippen LogP contribution in [0.4, 0.5) is 0 Å². The minimum atomic E-state index is 0.374. The van der Waals surface area contributed by atoms with Gasteiger partial charge < -0.3 is 15.4 Å². The largest absolute Gasteiger partial charge is 0.379 e. The van der Waals surface area contributed by atoms with Gasteiger partial charge in [0.15, 0.2) is 5.96 Å². The highest BCUT2D eigenvalue weighted by molar-refractivity contribution is 7.10. The number of aliphatic imine (C=N–C) groups is 1. The van der Waals surface area contributed by atoms with Crippen LogP contribution in [-0.4, -0.2) is 56.8 Å². The van der Waals surface area contributed by atoms with Crippen molar-refractivity contribution in [1.29, 1.82) is 0 Å². The fourth-order valence-corrected chi connectivity index (χ4v) is 3.96. The van der Waals surface area contributed by atoms with Crippen LogP contribution in [0.1, 0.15) is 23.8 Å². The minimum Gasteiger partial charge on any atom is -0.379 e. The van der Waals surface area contributed by atoms with Crippen molar-refractivity contribution in [3.63, 3.8) is 0 Å². The molecule has 2 heterocycles. The number of hydrogen-bond donors (Lipinski definition) is 2. The van der Waals surface area contributed by atoms with Gasteiger partial charge >= 0.3 is 0 Å². The summed E-state index contributed by atoms with van der Waals surface area (Å²) in [6.07, 6.45) is 6.62. The van der Waals surface area contributed by atoms with Crippen LogP contribution >= 0.6 is 11.3 Å². The molecule has 0 spiro atoms. The molecule has 0 bridgehead atoms. The van der Waals surface area contributed by atoms with E-state index in [2.05, 4.69) is 50.2 Å². The third-order valence-corrected chi connectivity index (χ3v) is 5.37. The molecule has 1 aromatic heterocycles. The lowest BCUT2D eigenvalue weighted by Crippen LogP contribution is -2.47. The van der Waals surface area contributed by atoms with E-state index >= 15 is 0 Å². The molecule has 1 aromatic rings. The van der Waals surface area contributed by atoms with Crippen molar-refractivity contribution >= 4 is 17.3 Å². The summed E-state index contributed by atoms with van der Waals surface area (Å²) in [5.74, 6) is 0.897. The number of nitrogens with one attached hydrogen (secondary N) is 2. The van der Waals surface area contributed by atoms with Crippen LogP contribution in [0.25, 0.3) is 0 Å². The highest BCUT2D eigenvalue weighted by Gasteiger charge is 2.24. The first-order valence-electron chi connectivity index (χ1n) is 8.34. The van der Waals surface area contributed by atoms with E-state index in [4.69, 9.17) is 4.74 Å². The third-order valence-electron chi connectivity index (χ3n) is 4.39. The predicted octanol–water partition coefficient (Wildman–Crippen LogP) is 2.00. The Kier molecular flexibility index (Phi) is 6.07. The second-order valence-corrected chi connectivity index (χ2v) is 6.90. The summed E-state index contributed by atoms with van der Waals surface area (Å²) >= 11 is 1.82. The molecule has 1 saturated heterocycles. The SMILES string of the molecule is CN=C(NCC(c1cccs1)N1CCOCC1)NC1CC=CC1. The van der Waals surface area contributed by atoms with Crippen molar-refractivity contribution in [2.45, 2.75) is 24.9 Å². The van der Waals surface area contributed by atoms with Crippen molar-refractivity contribution in [2.75, 3.05) is 39.9 Å². The highest BCUT2D eigenvalue weighted by Crippen LogP contribution is 2.25. The van der Waals surface area contributed by atoms with E-state index in [-0.39, 0.29) is 0 Å². The van der Waals surface area contributed by atoms with E-state index in [0.29, 0.717) is 12.1 Å². The molecule has 1 aliphatic heterocycles. The van der Waals surface area contributed by atoms with Gasteiger partial charge in [0.25, 0.3) is 0 Å². The van der Waals surface area contributed by atoms with Crippen LogP contribution in [0.3, 0.4) is 0 Å². The number of rotatable bonds is 5. The first-order chi connectivity index (χ1) is 11.4. The van der Waals surface area contributed by atoms with Gasteiger partial charge in [0.1, 0.15) is 0 Å². The monoisotopic (exact) mass is 334 g/mol. The topological polar surface area (TPSA) is 48.9 Å². The van der Waals surface area contributed by atoms with Gasteiger partial charge in [0, 0.05) is 37.6 Å². The summed E-state index contributed by atoms with van der Waals surface area (Å²) < 4.78 is 5.50. The van der Waals surface area contributed by atoms with Gasteiger partial charge in [-0.15, -0.1) is 11.3 Å². The maximum absolute atomic E-state index is 5.50. The number of thiophene rings is 1. The van der Waals surface area contributed by atoms with Gasteiger partial charge in [0.05, 0.1) is 19.3 Å². The minimum absolute atomic E-state index is 0.374. The molecular formula is C17H26N4OS. The Bertz CT molecular complexity index is 515. The van der Waals surface area contributed by atoms with Crippen molar-refractivity contribution in [1.82, 2.24) is 15.5 Å². The molecule has 23 heavy (non-hydrogen) atoms. The molecule has 0 radical (unpaired) electrons. The van der Waals surface area contributed by atoms with Crippen LogP contribution in [0.15, 0.2) is 34.7 Å². The van der Waals surface area contributed by atoms with Gasteiger partial charge in [-0.2, -0.15) is 0 Å². The standard InChI is InChI=1S/C17H26N4OS/c1-18-17(20-14-5-2-3-6-14)19-13-15(16-7-4-12-23-16)21-8-10-22-11-9-21/h2-4,7,12,14-15H,5-6,8-11,13H2,1H3,(H2,18,19,20). The molecule has 1 unspecified atom stereocenters. The van der Waals surface area contributed by atoms with Crippen LogP contribution in [0.2, 0.25) is 0 Å². The molecule has 1 atom stereocenters. The molecule has 0 aromatic carbocycles. The zero-order chi connectivity index (χ0) is 15.9. The van der Waals surface area contributed by atoms with Gasteiger partial charge in [-0.05, 0) is 24.3 Å². The molecule has 5 nitrogen and oxygen atoms in total. The summed E-state index contributed by atoms with van der Waals surface area (Å²) in [7, 11) is 1.84. The Labute approximate surface area is 142 Å². The second kappa shape index (κ2) is 8.47. The highest BCUT2D eigenvalue weighted by atomic mass is 32.1. The second-order valence-electron chi connectivity index (χ2n) is 5.92. The number of morpholine rings is 1. The lowest BCUT2D eigenvalue weighted by atomic mass is 10.2. The Balaban J connectivity index is 1.58. The van der Waals surface area contributed by atoms with Crippen LogP contribution in [-0.2, 0) is 4.74 Å². The molecule has 6 heteroatoms. The van der Waals surface area contributed by atoms with Gasteiger partial charge in [-0.3, -0.25) is 9.89 Å². The average molecular weight is 334 g/mol. The number of hydrogen-bond acceptors (Lipinski definition) is 4. The maximum Gasteiger partial charge on any atom is 0.191 e. The zero-order valence-corrected chi connectivity index (χ0v) is 14.5. The molecule has 1 fully saturated rings. The van der Waals surface area contributed by atoms with Crippen LogP contribution in [0.5, 0.6) is 0 Å². The van der Waals surface area contributed by atoms with Crippen LogP contribution < -0.4 is 10.6 Å². The van der Waals surface area contributed by atoms with E-state index in [0.717, 1.165) is 51.6 Å². The quantitative estimate of drug-likeness (QED) is 0.491. The van der Waals surface area contributed by atoms with Gasteiger partial charge in [0.2, 0.25) is 0 Å². The fraction of sp³-hybridized carbons (Fsp3) is 0.588. The molecule has 0 amide bonds. The summed E-state index contributed by atoms with van der Waals surface area (Å²) in [6.45, 7) is 4.48. The van der Waals surface area contributed by atoms with Gasteiger partial charge in [-0.1, -0.05) is 18.2 Å². The Morgan fingerprint density at radius 3 is 2.83 bits per heavy atom. The number of nitrogens with zero attached hydrogens (tertiary/aromatic N) is 2. The Morgan fingerprint density at radius 2 is 2.17 bits per heavy atom. The number of guanidine groups is 1. The average Bonchev–Trinajstić information content (AvgIpc) is 3.29. The summed E-state index contributed by atoms with van der Waals surface area (Å²) in [5.41, 5.74) is 0. The van der Waals surface area contributed by atoms with E-state index in [1.165, 1.54) is 4.88 Å². The summed E-state index contributed by atoms with van der Waals surface area (Å²) in [4.78, 5) is 8.28. The molecule has 1 aliphatic carbocycles. The Hall–Kier alpha value is -1.37. The number of ether oxygens (including phenoxy) is 1. The molecular weight excluding hydrogens is 308 g/mol. The predicted molar refractivity (Wildman–Crippen MR) is 96.1 cm³/mol. The van der Waals surface area contributed by atoms with Crippen molar-refractivity contribution in [2.24, 2.45) is 4.99 Å². The lowest BCUT2D eigenvalue weighted by molar-refractivity contribution is 0.0177. The van der Waals surface area contributed by atoms with Crippen LogP contribution in [0, 0.1) is 0 Å². The third kappa shape index (κ3) is 4.56. The smallest absolute Gasteiger partial charge is 0.191 e. The molecule has 126 valence electrons. The fourth-order valence-electron chi connectivity index (χ4n) is 3.10.